The van der Waals surface area contributed by atoms with Gasteiger partial charge in [-0.3, -0.25) is 4.79 Å². The summed E-state index contributed by atoms with van der Waals surface area (Å²) in [6, 6.07) is 10.1. The maximum Gasteiger partial charge on any atom is 0.141 e. The predicted octanol–water partition coefficient (Wildman–Crippen LogP) is 3.74. The van der Waals surface area contributed by atoms with Gasteiger partial charge in [0.25, 0.3) is 0 Å². The Bertz CT molecular complexity index is 486. The average Bonchev–Trinajstić information content (AvgIpc) is 2.48. The van der Waals surface area contributed by atoms with Crippen molar-refractivity contribution in [2.45, 2.75) is 51.7 Å². The minimum absolute atomic E-state index is 0.0164. The van der Waals surface area contributed by atoms with Crippen molar-refractivity contribution < 1.29 is 9.53 Å². The van der Waals surface area contributed by atoms with Gasteiger partial charge in [-0.15, -0.1) is 12.3 Å². The molecule has 0 bridgehead atoms. The lowest BCUT2D eigenvalue weighted by molar-refractivity contribution is -0.145. The standard InChI is InChI=1S/C18H22O2/c1-3-4-13-18(2)16(19)11-8-12-17(18)20-14-15-9-6-5-7-10-15/h1,5-7,9-10,17H,4,8,11-14H2,2H3/t17-,18+/m1/s1. The molecule has 1 aromatic rings. The molecule has 0 aliphatic heterocycles. The van der Waals surface area contributed by atoms with Crippen LogP contribution in [0, 0.1) is 17.8 Å². The number of hydrogen-bond acceptors (Lipinski definition) is 2. The predicted molar refractivity (Wildman–Crippen MR) is 80.1 cm³/mol. The summed E-state index contributed by atoms with van der Waals surface area (Å²) in [5, 5.41) is 0. The van der Waals surface area contributed by atoms with Crippen molar-refractivity contribution in [3.63, 3.8) is 0 Å². The fourth-order valence-corrected chi connectivity index (χ4v) is 2.90. The van der Waals surface area contributed by atoms with Gasteiger partial charge in [-0.2, -0.15) is 0 Å². The Morgan fingerprint density at radius 2 is 2.15 bits per heavy atom. The summed E-state index contributed by atoms with van der Waals surface area (Å²) in [7, 11) is 0. The summed E-state index contributed by atoms with van der Waals surface area (Å²) in [6.45, 7) is 2.58. The third-order valence-corrected chi connectivity index (χ3v) is 4.30. The molecule has 1 aliphatic carbocycles. The largest absolute Gasteiger partial charge is 0.373 e. The molecule has 1 fully saturated rings. The molecular weight excluding hydrogens is 248 g/mol. The highest BCUT2D eigenvalue weighted by atomic mass is 16.5. The Balaban J connectivity index is 2.03. The Labute approximate surface area is 121 Å². The molecule has 0 heterocycles. The van der Waals surface area contributed by atoms with Gasteiger partial charge < -0.3 is 4.74 Å². The van der Waals surface area contributed by atoms with E-state index in [2.05, 4.69) is 5.92 Å². The number of ketones is 1. The average molecular weight is 270 g/mol. The van der Waals surface area contributed by atoms with Crippen molar-refractivity contribution in [3.05, 3.63) is 35.9 Å². The summed E-state index contributed by atoms with van der Waals surface area (Å²) in [5.74, 6) is 2.95. The molecule has 2 rings (SSSR count). The molecule has 1 aliphatic rings. The van der Waals surface area contributed by atoms with Gasteiger partial charge in [0.1, 0.15) is 5.78 Å². The number of carbonyl (C=O) groups is 1. The van der Waals surface area contributed by atoms with Gasteiger partial charge in [-0.25, -0.2) is 0 Å². The molecule has 106 valence electrons. The molecule has 2 heteroatoms. The minimum Gasteiger partial charge on any atom is -0.373 e. The lowest BCUT2D eigenvalue weighted by Gasteiger charge is -2.39. The highest BCUT2D eigenvalue weighted by molar-refractivity contribution is 5.85. The van der Waals surface area contributed by atoms with Crippen LogP contribution in [0.15, 0.2) is 30.3 Å². The molecule has 0 unspecified atom stereocenters. The number of carbonyl (C=O) groups excluding carboxylic acids is 1. The van der Waals surface area contributed by atoms with Crippen molar-refractivity contribution in [1.29, 1.82) is 0 Å². The number of terminal acetylenes is 1. The minimum atomic E-state index is -0.417. The van der Waals surface area contributed by atoms with Crippen LogP contribution in [0.2, 0.25) is 0 Å². The zero-order chi connectivity index (χ0) is 14.4. The van der Waals surface area contributed by atoms with Gasteiger partial charge in [0.15, 0.2) is 0 Å². The summed E-state index contributed by atoms with van der Waals surface area (Å²) in [4.78, 5) is 12.3. The van der Waals surface area contributed by atoms with Crippen LogP contribution in [0.1, 0.15) is 44.6 Å². The first-order valence-electron chi connectivity index (χ1n) is 7.29. The summed E-state index contributed by atoms with van der Waals surface area (Å²) in [5.41, 5.74) is 0.726. The molecule has 0 N–H and O–H groups in total. The molecule has 0 amide bonds. The van der Waals surface area contributed by atoms with E-state index in [0.29, 0.717) is 25.2 Å². The quantitative estimate of drug-likeness (QED) is 0.762. The molecule has 20 heavy (non-hydrogen) atoms. The molecule has 0 saturated heterocycles. The second-order valence-electron chi connectivity index (χ2n) is 5.72. The van der Waals surface area contributed by atoms with E-state index in [1.165, 1.54) is 0 Å². The molecule has 1 aromatic carbocycles. The lowest BCUT2D eigenvalue weighted by atomic mass is 9.69. The van der Waals surface area contributed by atoms with Crippen molar-refractivity contribution in [2.24, 2.45) is 5.41 Å². The van der Waals surface area contributed by atoms with E-state index in [0.717, 1.165) is 24.8 Å². The number of Topliss-reactive ketones (excluding diaryl/α,β-unsaturated/α-hetero) is 1. The maximum absolute atomic E-state index is 12.3. The van der Waals surface area contributed by atoms with Gasteiger partial charge in [-0.05, 0) is 24.8 Å². The molecule has 0 spiro atoms. The number of rotatable bonds is 5. The van der Waals surface area contributed by atoms with E-state index in [-0.39, 0.29) is 6.10 Å². The van der Waals surface area contributed by atoms with E-state index in [1.54, 1.807) is 0 Å². The Hall–Kier alpha value is -1.59. The van der Waals surface area contributed by atoms with E-state index in [9.17, 15) is 4.79 Å². The Morgan fingerprint density at radius 1 is 1.40 bits per heavy atom. The number of benzene rings is 1. The zero-order valence-corrected chi connectivity index (χ0v) is 12.1. The molecule has 2 atom stereocenters. The lowest BCUT2D eigenvalue weighted by Crippen LogP contribution is -2.44. The highest BCUT2D eigenvalue weighted by Crippen LogP contribution is 2.39. The summed E-state index contributed by atoms with van der Waals surface area (Å²) >= 11 is 0. The van der Waals surface area contributed by atoms with Crippen molar-refractivity contribution >= 4 is 5.78 Å². The van der Waals surface area contributed by atoms with E-state index >= 15 is 0 Å². The molecule has 1 saturated carbocycles. The second-order valence-corrected chi connectivity index (χ2v) is 5.72. The topological polar surface area (TPSA) is 26.3 Å². The molecule has 0 aromatic heterocycles. The normalized spacial score (nSPS) is 26.2. The second kappa shape index (κ2) is 6.72. The summed E-state index contributed by atoms with van der Waals surface area (Å²) in [6.07, 6.45) is 9.22. The SMILES string of the molecule is C#CCC[C@@]1(C)C(=O)CCC[C@H]1OCc1ccccc1. The number of ether oxygens (including phenoxy) is 1. The van der Waals surface area contributed by atoms with Gasteiger partial charge in [0.05, 0.1) is 18.1 Å². The molecule has 2 nitrogen and oxygen atoms in total. The van der Waals surface area contributed by atoms with Gasteiger partial charge >= 0.3 is 0 Å². The van der Waals surface area contributed by atoms with Crippen LogP contribution >= 0.6 is 0 Å². The fraction of sp³-hybridized carbons (Fsp3) is 0.500. The van der Waals surface area contributed by atoms with Gasteiger partial charge in [-0.1, -0.05) is 37.3 Å². The van der Waals surface area contributed by atoms with Crippen LogP contribution < -0.4 is 0 Å². The maximum atomic E-state index is 12.3. The number of hydrogen-bond donors (Lipinski definition) is 0. The van der Waals surface area contributed by atoms with Crippen molar-refractivity contribution in [1.82, 2.24) is 0 Å². The third kappa shape index (κ3) is 3.29. The van der Waals surface area contributed by atoms with Crippen LogP contribution in [0.4, 0.5) is 0 Å². The van der Waals surface area contributed by atoms with Gasteiger partial charge in [0, 0.05) is 12.8 Å². The smallest absolute Gasteiger partial charge is 0.141 e. The van der Waals surface area contributed by atoms with Crippen LogP contribution in [-0.2, 0) is 16.1 Å². The van der Waals surface area contributed by atoms with Gasteiger partial charge in [0.2, 0.25) is 0 Å². The Kier molecular flexibility index (Phi) is 4.98. The first kappa shape index (κ1) is 14.8. The fourth-order valence-electron chi connectivity index (χ4n) is 2.90. The van der Waals surface area contributed by atoms with Crippen LogP contribution in [0.25, 0.3) is 0 Å². The van der Waals surface area contributed by atoms with E-state index < -0.39 is 5.41 Å². The zero-order valence-electron chi connectivity index (χ0n) is 12.1. The molecule has 0 radical (unpaired) electrons. The third-order valence-electron chi connectivity index (χ3n) is 4.30. The first-order valence-corrected chi connectivity index (χ1v) is 7.29. The van der Waals surface area contributed by atoms with Crippen LogP contribution in [0.5, 0.6) is 0 Å². The van der Waals surface area contributed by atoms with Crippen molar-refractivity contribution in [3.8, 4) is 12.3 Å². The van der Waals surface area contributed by atoms with E-state index in [1.807, 2.05) is 37.3 Å². The van der Waals surface area contributed by atoms with E-state index in [4.69, 9.17) is 11.2 Å². The Morgan fingerprint density at radius 3 is 2.85 bits per heavy atom. The monoisotopic (exact) mass is 270 g/mol. The van der Waals surface area contributed by atoms with Crippen LogP contribution in [0.3, 0.4) is 0 Å². The summed E-state index contributed by atoms with van der Waals surface area (Å²) < 4.78 is 6.06. The van der Waals surface area contributed by atoms with Crippen molar-refractivity contribution in [2.75, 3.05) is 0 Å². The van der Waals surface area contributed by atoms with Crippen LogP contribution in [-0.4, -0.2) is 11.9 Å². The first-order chi connectivity index (χ1) is 9.66. The highest BCUT2D eigenvalue weighted by Gasteiger charge is 2.43. The molecular formula is C18H22O2.